The SMILES string of the molecule is Cc1ccccc1NC(=O)c1ccc(O[C@H](C)C(=O)OCC(C)C)cc1. The fourth-order valence-corrected chi connectivity index (χ4v) is 2.21. The Bertz CT molecular complexity index is 753. The Labute approximate surface area is 154 Å². The number of para-hydroxylation sites is 1. The molecule has 0 heterocycles. The third-order valence-electron chi connectivity index (χ3n) is 3.71. The first-order chi connectivity index (χ1) is 12.4. The second kappa shape index (κ2) is 9.04. The molecule has 1 amide bonds. The molecule has 26 heavy (non-hydrogen) atoms. The van der Waals surface area contributed by atoms with Crippen LogP contribution in [0.5, 0.6) is 5.75 Å². The maximum atomic E-state index is 12.3. The highest BCUT2D eigenvalue weighted by molar-refractivity contribution is 6.04. The Morgan fingerprint density at radius 3 is 2.27 bits per heavy atom. The predicted octanol–water partition coefficient (Wildman–Crippen LogP) is 4.21. The van der Waals surface area contributed by atoms with Gasteiger partial charge in [-0.3, -0.25) is 4.79 Å². The molecule has 0 fully saturated rings. The first-order valence-electron chi connectivity index (χ1n) is 8.67. The summed E-state index contributed by atoms with van der Waals surface area (Å²) >= 11 is 0. The summed E-state index contributed by atoms with van der Waals surface area (Å²) in [4.78, 5) is 24.2. The monoisotopic (exact) mass is 355 g/mol. The van der Waals surface area contributed by atoms with Gasteiger partial charge in [-0.2, -0.15) is 0 Å². The molecule has 1 N–H and O–H groups in total. The van der Waals surface area contributed by atoms with Gasteiger partial charge in [-0.25, -0.2) is 4.79 Å². The molecule has 0 aromatic heterocycles. The minimum atomic E-state index is -0.708. The quantitative estimate of drug-likeness (QED) is 0.756. The number of carbonyl (C=O) groups is 2. The molecule has 0 aliphatic heterocycles. The van der Waals surface area contributed by atoms with Crippen molar-refractivity contribution >= 4 is 17.6 Å². The topological polar surface area (TPSA) is 64.6 Å². The third-order valence-corrected chi connectivity index (χ3v) is 3.71. The maximum absolute atomic E-state index is 12.3. The van der Waals surface area contributed by atoms with Gasteiger partial charge < -0.3 is 14.8 Å². The molecular weight excluding hydrogens is 330 g/mol. The van der Waals surface area contributed by atoms with Gasteiger partial charge in [-0.15, -0.1) is 0 Å². The molecule has 0 unspecified atom stereocenters. The second-order valence-corrected chi connectivity index (χ2v) is 6.58. The van der Waals surface area contributed by atoms with Crippen LogP contribution in [0.15, 0.2) is 48.5 Å². The summed E-state index contributed by atoms with van der Waals surface area (Å²) in [6, 6.07) is 14.2. The molecule has 138 valence electrons. The normalized spacial score (nSPS) is 11.7. The Kier molecular flexibility index (Phi) is 6.78. The van der Waals surface area contributed by atoms with Crippen LogP contribution in [0.3, 0.4) is 0 Å². The summed E-state index contributed by atoms with van der Waals surface area (Å²) in [7, 11) is 0. The Morgan fingerprint density at radius 2 is 1.65 bits per heavy atom. The Balaban J connectivity index is 1.94. The van der Waals surface area contributed by atoms with Crippen LogP contribution in [0.25, 0.3) is 0 Å². The molecule has 0 radical (unpaired) electrons. The fourth-order valence-electron chi connectivity index (χ4n) is 2.21. The van der Waals surface area contributed by atoms with E-state index in [0.717, 1.165) is 11.3 Å². The minimum Gasteiger partial charge on any atom is -0.479 e. The van der Waals surface area contributed by atoms with E-state index in [2.05, 4.69) is 5.32 Å². The minimum absolute atomic E-state index is 0.199. The van der Waals surface area contributed by atoms with Crippen LogP contribution >= 0.6 is 0 Å². The van der Waals surface area contributed by atoms with E-state index >= 15 is 0 Å². The van der Waals surface area contributed by atoms with E-state index < -0.39 is 12.1 Å². The zero-order valence-corrected chi connectivity index (χ0v) is 15.6. The van der Waals surface area contributed by atoms with E-state index in [1.54, 1.807) is 31.2 Å². The number of hydrogen-bond donors (Lipinski definition) is 1. The molecule has 2 aromatic carbocycles. The average molecular weight is 355 g/mol. The van der Waals surface area contributed by atoms with Crippen molar-refractivity contribution in [3.8, 4) is 5.75 Å². The average Bonchev–Trinajstić information content (AvgIpc) is 2.62. The van der Waals surface area contributed by atoms with Crippen molar-refractivity contribution < 1.29 is 19.1 Å². The highest BCUT2D eigenvalue weighted by Crippen LogP contribution is 2.18. The Hall–Kier alpha value is -2.82. The van der Waals surface area contributed by atoms with Crippen LogP contribution < -0.4 is 10.1 Å². The number of carbonyl (C=O) groups excluding carboxylic acids is 2. The molecule has 0 saturated carbocycles. The van der Waals surface area contributed by atoms with Crippen LogP contribution in [0, 0.1) is 12.8 Å². The number of anilines is 1. The molecular formula is C21H25NO4. The smallest absolute Gasteiger partial charge is 0.347 e. The molecule has 2 aromatic rings. The highest BCUT2D eigenvalue weighted by Gasteiger charge is 2.17. The number of aryl methyl sites for hydroxylation is 1. The highest BCUT2D eigenvalue weighted by atomic mass is 16.6. The number of hydrogen-bond acceptors (Lipinski definition) is 4. The molecule has 0 spiro atoms. The summed E-state index contributed by atoms with van der Waals surface area (Å²) in [5.74, 6) is 0.180. The van der Waals surface area contributed by atoms with Crippen LogP contribution in [0.1, 0.15) is 36.7 Å². The molecule has 5 nitrogen and oxygen atoms in total. The van der Waals surface area contributed by atoms with Crippen LogP contribution in [-0.2, 0) is 9.53 Å². The molecule has 2 rings (SSSR count). The third kappa shape index (κ3) is 5.62. The lowest BCUT2D eigenvalue weighted by atomic mass is 10.1. The van der Waals surface area contributed by atoms with E-state index in [4.69, 9.17) is 9.47 Å². The maximum Gasteiger partial charge on any atom is 0.347 e. The van der Waals surface area contributed by atoms with Gasteiger partial charge >= 0.3 is 5.97 Å². The molecule has 0 saturated heterocycles. The van der Waals surface area contributed by atoms with Crippen molar-refractivity contribution in [3.63, 3.8) is 0 Å². The van der Waals surface area contributed by atoms with Crippen molar-refractivity contribution in [1.82, 2.24) is 0 Å². The number of ether oxygens (including phenoxy) is 2. The first kappa shape index (κ1) is 19.5. The van der Waals surface area contributed by atoms with Crippen LogP contribution in [0.4, 0.5) is 5.69 Å². The summed E-state index contributed by atoms with van der Waals surface area (Å²) in [5, 5.41) is 2.88. The summed E-state index contributed by atoms with van der Waals surface area (Å²) in [5.41, 5.74) is 2.28. The largest absolute Gasteiger partial charge is 0.479 e. The number of esters is 1. The fraction of sp³-hybridized carbons (Fsp3) is 0.333. The lowest BCUT2D eigenvalue weighted by Crippen LogP contribution is -2.27. The second-order valence-electron chi connectivity index (χ2n) is 6.58. The van der Waals surface area contributed by atoms with Crippen molar-refractivity contribution in [3.05, 3.63) is 59.7 Å². The van der Waals surface area contributed by atoms with Gasteiger partial charge in [0, 0.05) is 11.3 Å². The molecule has 0 aliphatic rings. The van der Waals surface area contributed by atoms with Crippen molar-refractivity contribution in [2.45, 2.75) is 33.8 Å². The van der Waals surface area contributed by atoms with Crippen molar-refractivity contribution in [2.24, 2.45) is 5.92 Å². The summed E-state index contributed by atoms with van der Waals surface area (Å²) in [6.07, 6.45) is -0.708. The van der Waals surface area contributed by atoms with Gasteiger partial charge in [0.05, 0.1) is 6.61 Å². The van der Waals surface area contributed by atoms with E-state index in [1.165, 1.54) is 0 Å². The molecule has 0 bridgehead atoms. The predicted molar refractivity (Wildman–Crippen MR) is 101 cm³/mol. The summed E-state index contributed by atoms with van der Waals surface area (Å²) < 4.78 is 10.7. The van der Waals surface area contributed by atoms with Gasteiger partial charge in [0.25, 0.3) is 5.91 Å². The van der Waals surface area contributed by atoms with Crippen LogP contribution in [-0.4, -0.2) is 24.6 Å². The first-order valence-corrected chi connectivity index (χ1v) is 8.67. The Morgan fingerprint density at radius 1 is 1.00 bits per heavy atom. The van der Waals surface area contributed by atoms with Crippen molar-refractivity contribution in [2.75, 3.05) is 11.9 Å². The summed E-state index contributed by atoms with van der Waals surface area (Å²) in [6.45, 7) is 7.89. The zero-order valence-electron chi connectivity index (χ0n) is 15.6. The van der Waals surface area contributed by atoms with Gasteiger partial charge in [-0.05, 0) is 55.7 Å². The molecule has 5 heteroatoms. The lowest BCUT2D eigenvalue weighted by molar-refractivity contribution is -0.152. The number of amides is 1. The lowest BCUT2D eigenvalue weighted by Gasteiger charge is -2.15. The number of nitrogens with one attached hydrogen (secondary N) is 1. The van der Waals surface area contributed by atoms with E-state index in [1.807, 2.05) is 45.0 Å². The molecule has 1 atom stereocenters. The zero-order chi connectivity index (χ0) is 19.1. The van der Waals surface area contributed by atoms with E-state index in [9.17, 15) is 9.59 Å². The van der Waals surface area contributed by atoms with E-state index in [0.29, 0.717) is 17.9 Å². The van der Waals surface area contributed by atoms with Gasteiger partial charge in [0.2, 0.25) is 0 Å². The van der Waals surface area contributed by atoms with E-state index in [-0.39, 0.29) is 11.8 Å². The molecule has 0 aliphatic carbocycles. The van der Waals surface area contributed by atoms with Gasteiger partial charge in [0.1, 0.15) is 5.75 Å². The van der Waals surface area contributed by atoms with Crippen molar-refractivity contribution in [1.29, 1.82) is 0 Å². The number of benzene rings is 2. The standard InChI is InChI=1S/C21H25NO4/c1-14(2)13-25-21(24)16(4)26-18-11-9-17(10-12-18)20(23)22-19-8-6-5-7-15(19)3/h5-12,14,16H,13H2,1-4H3,(H,22,23)/t16-/m1/s1. The van der Waals surface area contributed by atoms with Gasteiger partial charge in [0.15, 0.2) is 6.10 Å². The number of rotatable bonds is 7. The van der Waals surface area contributed by atoms with Gasteiger partial charge in [-0.1, -0.05) is 32.0 Å². The van der Waals surface area contributed by atoms with Crippen LogP contribution in [0.2, 0.25) is 0 Å².